The molecule has 2 aliphatic heterocycles. The zero-order valence-corrected chi connectivity index (χ0v) is 12.1. The summed E-state index contributed by atoms with van der Waals surface area (Å²) in [6, 6.07) is 8.13. The number of nitrogens with one attached hydrogen (secondary N) is 1. The third kappa shape index (κ3) is 2.10. The summed E-state index contributed by atoms with van der Waals surface area (Å²) in [5, 5.41) is 5.34. The smallest absolute Gasteiger partial charge is 0.0761 e. The van der Waals surface area contributed by atoms with Crippen LogP contribution in [0.25, 0.3) is 10.9 Å². The molecule has 2 aliphatic rings. The first-order valence-electron chi connectivity index (χ1n) is 7.26. The highest BCUT2D eigenvalue weighted by Crippen LogP contribution is 2.30. The third-order valence-corrected chi connectivity index (χ3v) is 4.99. The first-order valence-corrected chi connectivity index (χ1v) is 7.64. The standard InChI is InChI=1S/C16H18ClN3/c17-15-4-3-11(16-14(15)2-1-5-19-16)8-20-9-12-6-18-7-13(12)10-20/h1-5,12-13,18H,6-10H2. The van der Waals surface area contributed by atoms with E-state index in [1.165, 1.54) is 31.7 Å². The first kappa shape index (κ1) is 12.6. The highest BCUT2D eigenvalue weighted by atomic mass is 35.5. The number of benzene rings is 1. The van der Waals surface area contributed by atoms with Gasteiger partial charge in [-0.3, -0.25) is 9.88 Å². The number of halogens is 1. The van der Waals surface area contributed by atoms with E-state index >= 15 is 0 Å². The number of pyridine rings is 1. The maximum absolute atomic E-state index is 6.26. The van der Waals surface area contributed by atoms with Crippen molar-refractivity contribution >= 4 is 22.5 Å². The third-order valence-electron chi connectivity index (χ3n) is 4.66. The summed E-state index contributed by atoms with van der Waals surface area (Å²) in [6.07, 6.45) is 1.85. The van der Waals surface area contributed by atoms with Gasteiger partial charge < -0.3 is 5.32 Å². The maximum atomic E-state index is 6.26. The lowest BCUT2D eigenvalue weighted by Crippen LogP contribution is -2.25. The van der Waals surface area contributed by atoms with Gasteiger partial charge in [0, 0.05) is 36.2 Å². The molecule has 0 saturated carbocycles. The van der Waals surface area contributed by atoms with E-state index in [0.29, 0.717) is 0 Å². The second-order valence-electron chi connectivity index (χ2n) is 5.98. The summed E-state index contributed by atoms with van der Waals surface area (Å²) >= 11 is 6.26. The van der Waals surface area contributed by atoms with Crippen molar-refractivity contribution < 1.29 is 0 Å². The van der Waals surface area contributed by atoms with E-state index in [0.717, 1.165) is 34.3 Å². The van der Waals surface area contributed by atoms with E-state index in [1.807, 2.05) is 18.3 Å². The summed E-state index contributed by atoms with van der Waals surface area (Å²) in [4.78, 5) is 7.10. The second kappa shape index (κ2) is 4.99. The molecule has 2 saturated heterocycles. The molecule has 20 heavy (non-hydrogen) atoms. The number of likely N-dealkylation sites (tertiary alicyclic amines) is 1. The van der Waals surface area contributed by atoms with Crippen LogP contribution in [-0.4, -0.2) is 36.1 Å². The van der Waals surface area contributed by atoms with E-state index in [2.05, 4.69) is 27.3 Å². The Hall–Kier alpha value is -1.16. The first-order chi connectivity index (χ1) is 9.81. The van der Waals surface area contributed by atoms with Gasteiger partial charge in [-0.25, -0.2) is 0 Å². The molecule has 4 rings (SSSR count). The molecule has 0 spiro atoms. The molecule has 2 fully saturated rings. The Morgan fingerprint density at radius 1 is 1.20 bits per heavy atom. The average molecular weight is 288 g/mol. The summed E-state index contributed by atoms with van der Waals surface area (Å²) in [5.41, 5.74) is 2.34. The molecule has 3 nitrogen and oxygen atoms in total. The molecule has 2 atom stereocenters. The van der Waals surface area contributed by atoms with Crippen LogP contribution in [0.15, 0.2) is 30.5 Å². The van der Waals surface area contributed by atoms with Gasteiger partial charge in [-0.05, 0) is 48.7 Å². The minimum Gasteiger partial charge on any atom is -0.316 e. The van der Waals surface area contributed by atoms with Crippen LogP contribution in [-0.2, 0) is 6.54 Å². The highest BCUT2D eigenvalue weighted by molar-refractivity contribution is 6.35. The second-order valence-corrected chi connectivity index (χ2v) is 6.39. The van der Waals surface area contributed by atoms with Crippen LogP contribution in [0.3, 0.4) is 0 Å². The number of aromatic nitrogens is 1. The van der Waals surface area contributed by atoms with Gasteiger partial charge in [0.25, 0.3) is 0 Å². The van der Waals surface area contributed by atoms with Crippen LogP contribution >= 0.6 is 11.6 Å². The van der Waals surface area contributed by atoms with Gasteiger partial charge in [0.15, 0.2) is 0 Å². The van der Waals surface area contributed by atoms with Crippen molar-refractivity contribution in [2.45, 2.75) is 6.54 Å². The summed E-state index contributed by atoms with van der Waals surface area (Å²) in [7, 11) is 0. The zero-order valence-electron chi connectivity index (χ0n) is 11.3. The predicted molar refractivity (Wildman–Crippen MR) is 81.9 cm³/mol. The molecule has 2 aromatic rings. The number of fused-ring (bicyclic) bond motifs is 2. The molecular formula is C16H18ClN3. The van der Waals surface area contributed by atoms with Crippen molar-refractivity contribution in [2.24, 2.45) is 11.8 Å². The topological polar surface area (TPSA) is 28.2 Å². The van der Waals surface area contributed by atoms with E-state index in [4.69, 9.17) is 11.6 Å². The quantitative estimate of drug-likeness (QED) is 0.920. The fourth-order valence-electron chi connectivity index (χ4n) is 3.65. The van der Waals surface area contributed by atoms with Gasteiger partial charge in [0.1, 0.15) is 0 Å². The van der Waals surface area contributed by atoms with Gasteiger partial charge in [0.2, 0.25) is 0 Å². The Bertz CT molecular complexity index is 631. The van der Waals surface area contributed by atoms with Crippen molar-refractivity contribution in [3.63, 3.8) is 0 Å². The normalized spacial score (nSPS) is 26.2. The molecular weight excluding hydrogens is 270 g/mol. The number of hydrogen-bond donors (Lipinski definition) is 1. The van der Waals surface area contributed by atoms with Gasteiger partial charge in [0.05, 0.1) is 5.52 Å². The van der Waals surface area contributed by atoms with Crippen molar-refractivity contribution in [3.05, 3.63) is 41.0 Å². The minimum atomic E-state index is 0.791. The monoisotopic (exact) mass is 287 g/mol. The summed E-state index contributed by atoms with van der Waals surface area (Å²) in [6.45, 7) is 5.75. The van der Waals surface area contributed by atoms with Gasteiger partial charge in [-0.2, -0.15) is 0 Å². The van der Waals surface area contributed by atoms with E-state index in [1.54, 1.807) is 0 Å². The van der Waals surface area contributed by atoms with Crippen LogP contribution in [0.4, 0.5) is 0 Å². The SMILES string of the molecule is Clc1ccc(CN2CC3CNCC3C2)c2ncccc12. The number of nitrogens with zero attached hydrogens (tertiary/aromatic N) is 2. The molecule has 0 radical (unpaired) electrons. The van der Waals surface area contributed by atoms with Crippen molar-refractivity contribution in [3.8, 4) is 0 Å². The molecule has 0 amide bonds. The molecule has 104 valence electrons. The molecule has 2 unspecified atom stereocenters. The van der Waals surface area contributed by atoms with E-state index in [9.17, 15) is 0 Å². The van der Waals surface area contributed by atoms with Gasteiger partial charge in [-0.1, -0.05) is 17.7 Å². The lowest BCUT2D eigenvalue weighted by Gasteiger charge is -2.18. The Kier molecular flexibility index (Phi) is 3.14. The number of hydrogen-bond acceptors (Lipinski definition) is 3. The molecule has 0 aliphatic carbocycles. The lowest BCUT2D eigenvalue weighted by atomic mass is 10.0. The average Bonchev–Trinajstić information content (AvgIpc) is 3.03. The Labute approximate surface area is 123 Å². The Balaban J connectivity index is 1.62. The van der Waals surface area contributed by atoms with Crippen molar-refractivity contribution in [1.29, 1.82) is 0 Å². The minimum absolute atomic E-state index is 0.791. The van der Waals surface area contributed by atoms with Gasteiger partial charge in [-0.15, -0.1) is 0 Å². The largest absolute Gasteiger partial charge is 0.316 e. The van der Waals surface area contributed by atoms with Crippen molar-refractivity contribution in [2.75, 3.05) is 26.2 Å². The fraction of sp³-hybridized carbons (Fsp3) is 0.438. The Morgan fingerprint density at radius 3 is 2.80 bits per heavy atom. The van der Waals surface area contributed by atoms with Crippen LogP contribution < -0.4 is 5.32 Å². The Morgan fingerprint density at radius 2 is 2.00 bits per heavy atom. The number of rotatable bonds is 2. The van der Waals surface area contributed by atoms with Crippen LogP contribution in [0.1, 0.15) is 5.56 Å². The lowest BCUT2D eigenvalue weighted by molar-refractivity contribution is 0.306. The molecule has 3 heterocycles. The molecule has 1 aromatic heterocycles. The molecule has 4 heteroatoms. The van der Waals surface area contributed by atoms with Crippen LogP contribution in [0, 0.1) is 11.8 Å². The molecule has 1 N–H and O–H groups in total. The molecule has 1 aromatic carbocycles. The highest BCUT2D eigenvalue weighted by Gasteiger charge is 2.35. The zero-order chi connectivity index (χ0) is 13.5. The summed E-state index contributed by atoms with van der Waals surface area (Å²) < 4.78 is 0. The maximum Gasteiger partial charge on any atom is 0.0761 e. The summed E-state index contributed by atoms with van der Waals surface area (Å²) in [5.74, 6) is 1.67. The van der Waals surface area contributed by atoms with E-state index in [-0.39, 0.29) is 0 Å². The predicted octanol–water partition coefficient (Wildman–Crippen LogP) is 2.54. The van der Waals surface area contributed by atoms with Crippen molar-refractivity contribution in [1.82, 2.24) is 15.2 Å². The fourth-order valence-corrected chi connectivity index (χ4v) is 3.86. The van der Waals surface area contributed by atoms with E-state index < -0.39 is 0 Å². The van der Waals surface area contributed by atoms with Gasteiger partial charge >= 0.3 is 0 Å². The molecule has 0 bridgehead atoms. The van der Waals surface area contributed by atoms with Crippen LogP contribution in [0.5, 0.6) is 0 Å². The van der Waals surface area contributed by atoms with Crippen LogP contribution in [0.2, 0.25) is 5.02 Å².